The first-order valence-electron chi connectivity index (χ1n) is 6.55. The van der Waals surface area contributed by atoms with Gasteiger partial charge in [0.15, 0.2) is 14.9 Å². The third-order valence-electron chi connectivity index (χ3n) is 3.81. The van der Waals surface area contributed by atoms with Gasteiger partial charge in [-0.15, -0.1) is 24.8 Å². The fraction of sp³-hybridized carbons (Fsp3) is 0.538. The number of hydrogen-bond donors (Lipinski definition) is 2. The van der Waals surface area contributed by atoms with Gasteiger partial charge >= 0.3 is 0 Å². The number of sulfone groups is 1. The summed E-state index contributed by atoms with van der Waals surface area (Å²) < 4.78 is 22.6. The molecule has 2 rings (SSSR count). The van der Waals surface area contributed by atoms with Crippen LogP contribution < -0.4 is 11.1 Å². The molecule has 0 aromatic carbocycles. The minimum atomic E-state index is -3.32. The van der Waals surface area contributed by atoms with E-state index in [1.54, 1.807) is 6.07 Å². The lowest BCUT2D eigenvalue weighted by Gasteiger charge is -2.25. The number of anilines is 1. The van der Waals surface area contributed by atoms with Crippen LogP contribution in [0.25, 0.3) is 0 Å². The summed E-state index contributed by atoms with van der Waals surface area (Å²) in [7, 11) is -3.32. The third kappa shape index (κ3) is 4.55. The molecule has 1 aliphatic carbocycles. The second kappa shape index (κ2) is 8.10. The SMILES string of the molecule is CS(=O)(=O)c1ccc(NC(=O)C2(CN)CCCC2)cn1.Cl.Cl. The van der Waals surface area contributed by atoms with Gasteiger partial charge < -0.3 is 11.1 Å². The second-order valence-corrected chi connectivity index (χ2v) is 7.27. The van der Waals surface area contributed by atoms with E-state index in [1.807, 2.05) is 0 Å². The average Bonchev–Trinajstić information content (AvgIpc) is 2.88. The van der Waals surface area contributed by atoms with Crippen molar-refractivity contribution in [1.29, 1.82) is 0 Å². The summed E-state index contributed by atoms with van der Waals surface area (Å²) in [5.41, 5.74) is 5.75. The number of pyridine rings is 1. The van der Waals surface area contributed by atoms with Crippen molar-refractivity contribution in [2.45, 2.75) is 30.7 Å². The van der Waals surface area contributed by atoms with Crippen LogP contribution in [0.5, 0.6) is 0 Å². The van der Waals surface area contributed by atoms with Crippen molar-refractivity contribution < 1.29 is 13.2 Å². The van der Waals surface area contributed by atoms with Crippen LogP contribution in [0, 0.1) is 5.41 Å². The molecule has 0 bridgehead atoms. The predicted octanol–water partition coefficient (Wildman–Crippen LogP) is 1.79. The van der Waals surface area contributed by atoms with Crippen LogP contribution in [0.2, 0.25) is 0 Å². The van der Waals surface area contributed by atoms with Crippen molar-refractivity contribution in [3.8, 4) is 0 Å². The van der Waals surface area contributed by atoms with Crippen molar-refractivity contribution in [2.24, 2.45) is 11.1 Å². The van der Waals surface area contributed by atoms with Crippen molar-refractivity contribution in [1.82, 2.24) is 4.98 Å². The molecular formula is C13H21Cl2N3O3S. The fourth-order valence-electron chi connectivity index (χ4n) is 2.51. The summed E-state index contributed by atoms with van der Waals surface area (Å²) in [5.74, 6) is -0.105. The van der Waals surface area contributed by atoms with E-state index in [2.05, 4.69) is 10.3 Å². The monoisotopic (exact) mass is 369 g/mol. The number of amides is 1. The van der Waals surface area contributed by atoms with Crippen molar-refractivity contribution >= 4 is 46.2 Å². The summed E-state index contributed by atoms with van der Waals surface area (Å²) >= 11 is 0. The van der Waals surface area contributed by atoms with E-state index in [9.17, 15) is 13.2 Å². The van der Waals surface area contributed by atoms with Crippen LogP contribution in [-0.2, 0) is 14.6 Å². The summed E-state index contributed by atoms with van der Waals surface area (Å²) in [6.45, 7) is 0.327. The highest BCUT2D eigenvalue weighted by molar-refractivity contribution is 7.90. The fourth-order valence-corrected chi connectivity index (χ4v) is 3.07. The minimum Gasteiger partial charge on any atom is -0.329 e. The molecule has 1 aromatic heterocycles. The number of nitrogens with two attached hydrogens (primary N) is 1. The van der Waals surface area contributed by atoms with Gasteiger partial charge in [0, 0.05) is 12.8 Å². The highest BCUT2D eigenvalue weighted by Crippen LogP contribution is 2.38. The lowest BCUT2D eigenvalue weighted by atomic mass is 9.85. The smallest absolute Gasteiger partial charge is 0.231 e. The first-order valence-corrected chi connectivity index (χ1v) is 8.44. The van der Waals surface area contributed by atoms with Crippen LogP contribution in [0.4, 0.5) is 5.69 Å². The van der Waals surface area contributed by atoms with E-state index in [4.69, 9.17) is 5.73 Å². The molecule has 6 nitrogen and oxygen atoms in total. The van der Waals surface area contributed by atoms with Crippen molar-refractivity contribution in [3.05, 3.63) is 18.3 Å². The van der Waals surface area contributed by atoms with Gasteiger partial charge in [-0.1, -0.05) is 12.8 Å². The molecule has 1 amide bonds. The summed E-state index contributed by atoms with van der Waals surface area (Å²) in [4.78, 5) is 16.2. The molecule has 1 aromatic rings. The predicted molar refractivity (Wildman–Crippen MR) is 90.4 cm³/mol. The van der Waals surface area contributed by atoms with E-state index in [0.29, 0.717) is 12.2 Å². The maximum Gasteiger partial charge on any atom is 0.231 e. The highest BCUT2D eigenvalue weighted by Gasteiger charge is 2.39. The van der Waals surface area contributed by atoms with Crippen LogP contribution >= 0.6 is 24.8 Å². The van der Waals surface area contributed by atoms with E-state index >= 15 is 0 Å². The van der Waals surface area contributed by atoms with Gasteiger partial charge in [-0.3, -0.25) is 4.79 Å². The Hall–Kier alpha value is -0.890. The van der Waals surface area contributed by atoms with Crippen molar-refractivity contribution in [3.63, 3.8) is 0 Å². The largest absolute Gasteiger partial charge is 0.329 e. The molecule has 126 valence electrons. The van der Waals surface area contributed by atoms with Crippen LogP contribution in [0.15, 0.2) is 23.4 Å². The second-order valence-electron chi connectivity index (χ2n) is 5.30. The number of carbonyl (C=O) groups excluding carboxylic acids is 1. The van der Waals surface area contributed by atoms with Gasteiger partial charge in [0.25, 0.3) is 0 Å². The number of nitrogens with zero attached hydrogens (tertiary/aromatic N) is 1. The first kappa shape index (κ1) is 21.1. The molecule has 0 aliphatic heterocycles. The minimum absolute atomic E-state index is 0. The number of rotatable bonds is 4. The number of carbonyl (C=O) groups is 1. The Bertz CT molecular complexity index is 599. The number of aromatic nitrogens is 1. The Morgan fingerprint density at radius 2 is 1.91 bits per heavy atom. The van der Waals surface area contributed by atoms with Gasteiger partial charge in [0.2, 0.25) is 5.91 Å². The maximum absolute atomic E-state index is 12.3. The molecule has 0 spiro atoms. The standard InChI is InChI=1S/C13H19N3O3S.2ClH/c1-20(18,19)11-5-4-10(8-15-11)16-12(17)13(9-14)6-2-3-7-13;;/h4-5,8H,2-3,6-7,9,14H2,1H3,(H,16,17);2*1H. The summed E-state index contributed by atoms with van der Waals surface area (Å²) in [5, 5.41) is 2.77. The number of halogens is 2. The Labute approximate surface area is 143 Å². The molecule has 1 fully saturated rings. The van der Waals surface area contributed by atoms with E-state index in [-0.39, 0.29) is 35.7 Å². The molecule has 9 heteroatoms. The zero-order valence-electron chi connectivity index (χ0n) is 12.2. The van der Waals surface area contributed by atoms with E-state index < -0.39 is 15.3 Å². The summed E-state index contributed by atoms with van der Waals surface area (Å²) in [6, 6.07) is 2.93. The quantitative estimate of drug-likeness (QED) is 0.841. The molecule has 0 unspecified atom stereocenters. The third-order valence-corrected chi connectivity index (χ3v) is 4.81. The van der Waals surface area contributed by atoms with Crippen molar-refractivity contribution in [2.75, 3.05) is 18.1 Å². The molecule has 0 radical (unpaired) electrons. The number of hydrogen-bond acceptors (Lipinski definition) is 5. The Morgan fingerprint density at radius 1 is 1.32 bits per heavy atom. The molecule has 3 N–H and O–H groups in total. The highest BCUT2D eigenvalue weighted by atomic mass is 35.5. The van der Waals surface area contributed by atoms with Gasteiger partial charge in [0.05, 0.1) is 17.3 Å². The first-order chi connectivity index (χ1) is 9.37. The normalized spacial score (nSPS) is 16.3. The molecule has 1 aliphatic rings. The molecule has 22 heavy (non-hydrogen) atoms. The van der Waals surface area contributed by atoms with Gasteiger partial charge in [-0.2, -0.15) is 0 Å². The van der Waals surface area contributed by atoms with Gasteiger partial charge in [0.1, 0.15) is 0 Å². The Balaban J connectivity index is 0.00000220. The Morgan fingerprint density at radius 3 is 2.32 bits per heavy atom. The Kier molecular flexibility index (Phi) is 7.77. The zero-order chi connectivity index (χ0) is 14.8. The van der Waals surface area contributed by atoms with Crippen LogP contribution in [0.1, 0.15) is 25.7 Å². The average molecular weight is 370 g/mol. The summed E-state index contributed by atoms with van der Waals surface area (Å²) in [6.07, 6.45) is 6.06. The topological polar surface area (TPSA) is 102 Å². The van der Waals surface area contributed by atoms with Gasteiger partial charge in [-0.25, -0.2) is 13.4 Å². The lowest BCUT2D eigenvalue weighted by molar-refractivity contribution is -0.124. The van der Waals surface area contributed by atoms with Crippen LogP contribution in [-0.4, -0.2) is 32.1 Å². The molecule has 0 saturated heterocycles. The van der Waals surface area contributed by atoms with Crippen LogP contribution in [0.3, 0.4) is 0 Å². The molecule has 1 heterocycles. The van der Waals surface area contributed by atoms with E-state index in [0.717, 1.165) is 31.9 Å². The van der Waals surface area contributed by atoms with Gasteiger partial charge in [-0.05, 0) is 25.0 Å². The van der Waals surface area contributed by atoms with E-state index in [1.165, 1.54) is 12.3 Å². The number of nitrogens with one attached hydrogen (secondary N) is 1. The zero-order valence-corrected chi connectivity index (χ0v) is 14.7. The molecule has 1 saturated carbocycles. The maximum atomic E-state index is 12.3. The lowest BCUT2D eigenvalue weighted by Crippen LogP contribution is -2.40. The molecular weight excluding hydrogens is 349 g/mol. The molecule has 0 atom stereocenters.